The number of hydrogen-bond acceptors (Lipinski definition) is 1. The molecule has 0 N–H and O–H groups in total. The average Bonchev–Trinajstić information content (AvgIpc) is 2.65. The van der Waals surface area contributed by atoms with Crippen LogP contribution >= 0.6 is 11.6 Å². The minimum absolute atomic E-state index is 0.352. The Morgan fingerprint density at radius 3 is 2.15 bits per heavy atom. The van der Waals surface area contributed by atoms with Crippen LogP contribution in [0.4, 0.5) is 0 Å². The Morgan fingerprint density at radius 2 is 1.58 bits per heavy atom. The molecule has 2 atom stereocenters. The molecule has 1 aliphatic carbocycles. The van der Waals surface area contributed by atoms with E-state index in [0.29, 0.717) is 17.3 Å². The summed E-state index contributed by atoms with van der Waals surface area (Å²) in [4.78, 5) is 2.60. The molecule has 1 saturated carbocycles. The molecule has 2 heteroatoms. The van der Waals surface area contributed by atoms with Crippen molar-refractivity contribution in [1.82, 2.24) is 4.90 Å². The van der Waals surface area contributed by atoms with Crippen LogP contribution in [0.25, 0.3) is 0 Å². The normalized spacial score (nSPS) is 19.7. The summed E-state index contributed by atoms with van der Waals surface area (Å²) < 4.78 is 0. The second kappa shape index (κ2) is 9.58. The van der Waals surface area contributed by atoms with Crippen molar-refractivity contribution in [3.05, 3.63) is 71.3 Å². The lowest BCUT2D eigenvalue weighted by atomic mass is 9.79. The molecule has 0 spiro atoms. The third kappa shape index (κ3) is 5.34. The van der Waals surface area contributed by atoms with Crippen molar-refractivity contribution < 1.29 is 0 Å². The quantitative estimate of drug-likeness (QED) is 0.486. The standard InChI is InChI=1S/C24H32ClN/c1-19(2)26(18-16-20-7-4-3-5-8-20)17-6-9-21-10-12-22(13-11-21)23-14-15-24(23)25/h3-5,7-8,10-13,19,23-24H,6,9,14-18H2,1-2H3. The molecule has 0 aliphatic heterocycles. The minimum Gasteiger partial charge on any atom is -0.301 e. The molecule has 0 amide bonds. The van der Waals surface area contributed by atoms with Gasteiger partial charge in [0.2, 0.25) is 0 Å². The Bertz CT molecular complexity index is 650. The predicted octanol–water partition coefficient (Wildman–Crippen LogP) is 6.06. The van der Waals surface area contributed by atoms with E-state index in [1.54, 1.807) is 0 Å². The first kappa shape index (κ1) is 19.5. The van der Waals surface area contributed by atoms with Crippen LogP contribution in [0.15, 0.2) is 54.6 Å². The molecule has 0 radical (unpaired) electrons. The van der Waals surface area contributed by atoms with Gasteiger partial charge in [-0.05, 0) is 69.2 Å². The maximum atomic E-state index is 6.31. The molecule has 2 aromatic carbocycles. The Morgan fingerprint density at radius 1 is 0.885 bits per heavy atom. The summed E-state index contributed by atoms with van der Waals surface area (Å²) in [6.45, 7) is 6.92. The first-order valence-electron chi connectivity index (χ1n) is 10.1. The fraction of sp³-hybridized carbons (Fsp3) is 0.500. The molecule has 0 bridgehead atoms. The zero-order chi connectivity index (χ0) is 18.4. The number of alkyl halides is 1. The molecule has 0 saturated heterocycles. The number of hydrogen-bond donors (Lipinski definition) is 0. The number of nitrogens with zero attached hydrogens (tertiary/aromatic N) is 1. The van der Waals surface area contributed by atoms with Crippen LogP contribution in [0.1, 0.15) is 55.7 Å². The van der Waals surface area contributed by atoms with Gasteiger partial charge in [0.1, 0.15) is 0 Å². The highest BCUT2D eigenvalue weighted by Crippen LogP contribution is 2.40. The van der Waals surface area contributed by atoms with E-state index in [2.05, 4.69) is 73.3 Å². The lowest BCUT2D eigenvalue weighted by Gasteiger charge is -2.32. The fourth-order valence-electron chi connectivity index (χ4n) is 3.80. The van der Waals surface area contributed by atoms with Crippen LogP contribution in [0.2, 0.25) is 0 Å². The topological polar surface area (TPSA) is 3.24 Å². The van der Waals surface area contributed by atoms with Gasteiger partial charge in [-0.1, -0.05) is 54.6 Å². The zero-order valence-corrected chi connectivity index (χ0v) is 17.0. The van der Waals surface area contributed by atoms with E-state index in [1.807, 2.05) is 0 Å². The Labute approximate surface area is 164 Å². The van der Waals surface area contributed by atoms with Crippen LogP contribution in [0.3, 0.4) is 0 Å². The van der Waals surface area contributed by atoms with Gasteiger partial charge in [-0.3, -0.25) is 0 Å². The summed E-state index contributed by atoms with van der Waals surface area (Å²) >= 11 is 6.31. The van der Waals surface area contributed by atoms with Crippen molar-refractivity contribution >= 4 is 11.6 Å². The van der Waals surface area contributed by atoms with Gasteiger partial charge in [0.25, 0.3) is 0 Å². The summed E-state index contributed by atoms with van der Waals surface area (Å²) in [5.74, 6) is 0.583. The maximum Gasteiger partial charge on any atom is 0.0404 e. The average molecular weight is 370 g/mol. The van der Waals surface area contributed by atoms with Gasteiger partial charge in [0, 0.05) is 23.9 Å². The Hall–Kier alpha value is -1.31. The van der Waals surface area contributed by atoms with Crippen molar-refractivity contribution in [2.75, 3.05) is 13.1 Å². The SMILES string of the molecule is CC(C)N(CCCc1ccc(C2CCC2Cl)cc1)CCc1ccccc1. The first-order valence-corrected chi connectivity index (χ1v) is 10.6. The molecular formula is C24H32ClN. The smallest absolute Gasteiger partial charge is 0.0404 e. The minimum atomic E-state index is 0.352. The van der Waals surface area contributed by atoms with Gasteiger partial charge >= 0.3 is 0 Å². The van der Waals surface area contributed by atoms with Crippen LogP contribution in [-0.2, 0) is 12.8 Å². The lowest BCUT2D eigenvalue weighted by molar-refractivity contribution is 0.222. The van der Waals surface area contributed by atoms with Crippen LogP contribution in [0, 0.1) is 0 Å². The van der Waals surface area contributed by atoms with Gasteiger partial charge < -0.3 is 4.90 Å². The molecule has 3 rings (SSSR count). The number of aryl methyl sites for hydroxylation is 1. The maximum absolute atomic E-state index is 6.31. The van der Waals surface area contributed by atoms with Gasteiger partial charge in [-0.2, -0.15) is 0 Å². The van der Waals surface area contributed by atoms with Gasteiger partial charge in [0.05, 0.1) is 0 Å². The number of benzene rings is 2. The Balaban J connectivity index is 1.44. The molecule has 1 fully saturated rings. The molecule has 2 aromatic rings. The van der Waals surface area contributed by atoms with Crippen molar-refractivity contribution in [2.24, 2.45) is 0 Å². The van der Waals surface area contributed by atoms with Crippen LogP contribution in [0.5, 0.6) is 0 Å². The molecule has 26 heavy (non-hydrogen) atoms. The molecular weight excluding hydrogens is 338 g/mol. The van der Waals surface area contributed by atoms with E-state index in [9.17, 15) is 0 Å². The fourth-order valence-corrected chi connectivity index (χ4v) is 4.20. The van der Waals surface area contributed by atoms with E-state index >= 15 is 0 Å². The molecule has 0 aromatic heterocycles. The summed E-state index contributed by atoms with van der Waals surface area (Å²) in [6, 6.07) is 20.6. The van der Waals surface area contributed by atoms with Gasteiger partial charge in [0.15, 0.2) is 0 Å². The van der Waals surface area contributed by atoms with Crippen molar-refractivity contribution in [2.45, 2.75) is 63.3 Å². The van der Waals surface area contributed by atoms with Crippen LogP contribution < -0.4 is 0 Å². The highest BCUT2D eigenvalue weighted by molar-refractivity contribution is 6.21. The molecule has 140 valence electrons. The monoisotopic (exact) mass is 369 g/mol. The molecule has 2 unspecified atom stereocenters. The first-order chi connectivity index (χ1) is 12.6. The van der Waals surface area contributed by atoms with Crippen LogP contribution in [-0.4, -0.2) is 29.4 Å². The summed E-state index contributed by atoms with van der Waals surface area (Å²) in [5.41, 5.74) is 4.31. The largest absolute Gasteiger partial charge is 0.301 e. The predicted molar refractivity (Wildman–Crippen MR) is 113 cm³/mol. The Kier molecular flexibility index (Phi) is 7.16. The van der Waals surface area contributed by atoms with Gasteiger partial charge in [-0.25, -0.2) is 0 Å². The highest BCUT2D eigenvalue weighted by Gasteiger charge is 2.29. The van der Waals surface area contributed by atoms with E-state index < -0.39 is 0 Å². The van der Waals surface area contributed by atoms with E-state index in [1.165, 1.54) is 42.5 Å². The van der Waals surface area contributed by atoms with E-state index in [4.69, 9.17) is 11.6 Å². The van der Waals surface area contributed by atoms with Gasteiger partial charge in [-0.15, -0.1) is 11.6 Å². The van der Waals surface area contributed by atoms with E-state index in [-0.39, 0.29) is 0 Å². The number of halogens is 1. The van der Waals surface area contributed by atoms with Crippen molar-refractivity contribution in [3.63, 3.8) is 0 Å². The number of rotatable bonds is 9. The second-order valence-electron chi connectivity index (χ2n) is 7.91. The zero-order valence-electron chi connectivity index (χ0n) is 16.2. The second-order valence-corrected chi connectivity index (χ2v) is 8.47. The molecule has 1 aliphatic rings. The van der Waals surface area contributed by atoms with Crippen molar-refractivity contribution in [1.29, 1.82) is 0 Å². The molecule has 0 heterocycles. The van der Waals surface area contributed by atoms with E-state index in [0.717, 1.165) is 19.4 Å². The summed E-state index contributed by atoms with van der Waals surface area (Å²) in [6.07, 6.45) is 5.92. The third-order valence-electron chi connectivity index (χ3n) is 5.77. The van der Waals surface area contributed by atoms with Crippen molar-refractivity contribution in [3.8, 4) is 0 Å². The third-order valence-corrected chi connectivity index (χ3v) is 6.29. The summed E-state index contributed by atoms with van der Waals surface area (Å²) in [7, 11) is 0. The molecule has 1 nitrogen and oxygen atoms in total. The highest BCUT2D eigenvalue weighted by atomic mass is 35.5. The lowest BCUT2D eigenvalue weighted by Crippen LogP contribution is -2.34. The summed E-state index contributed by atoms with van der Waals surface area (Å²) in [5, 5.41) is 0.352.